The molecule has 0 amide bonds. The Morgan fingerprint density at radius 1 is 0.351 bits per heavy atom. The van der Waals surface area contributed by atoms with E-state index >= 15 is 0 Å². The molecule has 0 aromatic heterocycles. The van der Waals surface area contributed by atoms with Gasteiger partial charge in [0.25, 0.3) is 6.71 Å². The maximum Gasteiger partial charge on any atom is 0.252 e. The zero-order chi connectivity index (χ0) is 54.1. The molecule has 0 fully saturated rings. The van der Waals surface area contributed by atoms with Crippen LogP contribution in [0.25, 0.3) is 22.3 Å². The first kappa shape index (κ1) is 50.3. The van der Waals surface area contributed by atoms with E-state index < -0.39 is 0 Å². The van der Waals surface area contributed by atoms with Crippen molar-refractivity contribution < 1.29 is 0 Å². The van der Waals surface area contributed by atoms with Crippen molar-refractivity contribution in [3.05, 3.63) is 228 Å². The van der Waals surface area contributed by atoms with Crippen molar-refractivity contribution >= 4 is 74.3 Å². The summed E-state index contributed by atoms with van der Waals surface area (Å²) in [6, 6.07) is 74.6. The van der Waals surface area contributed by atoms with E-state index in [0.717, 1.165) is 17.1 Å². The molecule has 384 valence electrons. The highest BCUT2D eigenvalue weighted by Gasteiger charge is 2.46. The predicted octanol–water partition coefficient (Wildman–Crippen LogP) is 18.4. The van der Waals surface area contributed by atoms with E-state index in [1.54, 1.807) is 0 Å². The number of anilines is 9. The van der Waals surface area contributed by atoms with E-state index in [9.17, 15) is 0 Å². The second kappa shape index (κ2) is 17.7. The van der Waals surface area contributed by atoms with Gasteiger partial charge in [0.05, 0.1) is 0 Å². The molecule has 3 nitrogen and oxygen atoms in total. The molecule has 0 bridgehead atoms. The zero-order valence-electron chi connectivity index (χ0n) is 47.9. The third-order valence-corrected chi connectivity index (χ3v) is 17.1. The summed E-state index contributed by atoms with van der Waals surface area (Å²) in [6.45, 7) is 32.7. The maximum atomic E-state index is 2.64. The smallest absolute Gasteiger partial charge is 0.252 e. The number of fused-ring (bicyclic) bond motifs is 7. The second-order valence-electron chi connectivity index (χ2n) is 26.8. The number of nitrogens with zero attached hydrogens (tertiary/aromatic N) is 3. The molecule has 77 heavy (non-hydrogen) atoms. The van der Waals surface area contributed by atoms with Crippen LogP contribution in [0.5, 0.6) is 0 Å². The van der Waals surface area contributed by atoms with E-state index in [-0.39, 0.29) is 33.8 Å². The highest BCUT2D eigenvalue weighted by Crippen LogP contribution is 2.53. The van der Waals surface area contributed by atoms with E-state index in [2.05, 4.69) is 306 Å². The highest BCUT2D eigenvalue weighted by atomic mass is 15.2. The molecule has 9 aromatic rings. The van der Waals surface area contributed by atoms with Gasteiger partial charge < -0.3 is 14.7 Å². The molecule has 0 N–H and O–H groups in total. The zero-order valence-corrected chi connectivity index (χ0v) is 47.9. The van der Waals surface area contributed by atoms with Gasteiger partial charge in [0, 0.05) is 56.6 Å². The van der Waals surface area contributed by atoms with Crippen molar-refractivity contribution in [2.24, 2.45) is 0 Å². The first-order valence-corrected chi connectivity index (χ1v) is 27.9. The van der Waals surface area contributed by atoms with Crippen LogP contribution in [-0.4, -0.2) is 6.71 Å². The largest absolute Gasteiger partial charge is 0.311 e. The molecular formula is C73H74BN3. The lowest BCUT2D eigenvalue weighted by molar-refractivity contribution is 0.589. The minimum Gasteiger partial charge on any atom is -0.311 e. The van der Waals surface area contributed by atoms with E-state index in [1.807, 2.05) is 0 Å². The molecule has 4 heteroatoms. The first-order valence-electron chi connectivity index (χ1n) is 27.9. The van der Waals surface area contributed by atoms with Crippen LogP contribution in [0.3, 0.4) is 0 Å². The Morgan fingerprint density at radius 3 is 1.45 bits per heavy atom. The number of rotatable bonds is 6. The molecular weight excluding hydrogens is 930 g/mol. The molecule has 12 rings (SSSR count). The SMILES string of the molecule is CC(C)(C)c1ccc(N(c2ccc(-c3ccccc3)cc2)c2ccc3c(c2)N(c2ccc4c(c2)C(C)(C)c2ccccc2-4)c2cc(C(C)(C)C)cc4c2B3c2cc(C(C)(C)C)ccc2N4c2ccc(C(C)(C)C)cc2)cc1. The summed E-state index contributed by atoms with van der Waals surface area (Å²) in [5, 5.41) is 0. The molecule has 0 unspecified atom stereocenters. The summed E-state index contributed by atoms with van der Waals surface area (Å²) in [6.07, 6.45) is 0. The van der Waals surface area contributed by atoms with E-state index in [4.69, 9.17) is 0 Å². The van der Waals surface area contributed by atoms with Crippen molar-refractivity contribution in [3.63, 3.8) is 0 Å². The van der Waals surface area contributed by atoms with E-state index in [1.165, 1.54) is 106 Å². The van der Waals surface area contributed by atoms with E-state index in [0.29, 0.717) is 0 Å². The van der Waals surface area contributed by atoms with Gasteiger partial charge in [-0.2, -0.15) is 0 Å². The molecule has 3 aliphatic rings. The first-order chi connectivity index (χ1) is 36.5. The molecule has 9 aromatic carbocycles. The van der Waals surface area contributed by atoms with Gasteiger partial charge in [0.1, 0.15) is 0 Å². The molecule has 2 heterocycles. The molecule has 0 saturated carbocycles. The predicted molar refractivity (Wildman–Crippen MR) is 333 cm³/mol. The molecule has 0 atom stereocenters. The molecule has 1 aliphatic carbocycles. The van der Waals surface area contributed by atoms with Crippen molar-refractivity contribution in [1.82, 2.24) is 0 Å². The topological polar surface area (TPSA) is 9.72 Å². The lowest BCUT2D eigenvalue weighted by atomic mass is 9.33. The van der Waals surface area contributed by atoms with Crippen LogP contribution in [0.1, 0.15) is 130 Å². The lowest BCUT2D eigenvalue weighted by Crippen LogP contribution is -2.61. The van der Waals surface area contributed by atoms with Gasteiger partial charge in [-0.3, -0.25) is 0 Å². The monoisotopic (exact) mass is 1000 g/mol. The average Bonchev–Trinajstić information content (AvgIpc) is 3.81. The van der Waals surface area contributed by atoms with Crippen LogP contribution < -0.4 is 31.1 Å². The Labute approximate surface area is 460 Å². The summed E-state index contributed by atoms with van der Waals surface area (Å²) in [7, 11) is 0. The van der Waals surface area contributed by atoms with Crippen LogP contribution in [-0.2, 0) is 27.1 Å². The Balaban J connectivity index is 1.15. The molecule has 2 aliphatic heterocycles. The molecule has 0 saturated heterocycles. The Bertz CT molecular complexity index is 3740. The second-order valence-corrected chi connectivity index (χ2v) is 26.8. The quantitative estimate of drug-likeness (QED) is 0.154. The molecule has 0 spiro atoms. The normalized spacial score (nSPS) is 14.4. The van der Waals surface area contributed by atoms with Gasteiger partial charge >= 0.3 is 0 Å². The number of hydrogen-bond acceptors (Lipinski definition) is 3. The van der Waals surface area contributed by atoms with Gasteiger partial charge in [-0.15, -0.1) is 0 Å². The van der Waals surface area contributed by atoms with Crippen LogP contribution in [0, 0.1) is 0 Å². The van der Waals surface area contributed by atoms with Crippen molar-refractivity contribution in [2.45, 2.75) is 124 Å². The standard InChI is InChI=1S/C73H74BN3/c1-69(2,3)49-26-33-54(34-27-49)75(53-31-24-48(25-32-53)47-20-16-15-17-21-47)57-38-40-62-65(46-57)77(56-37-39-59-58-22-18-19-23-60(58)73(13,14)61(59)45-56)67-44-52(72(10,11)12)43-66-68(67)74(62)63-42-51(71(7,8)9)30-41-64(63)76(66)55-35-28-50(29-36-55)70(4,5)6/h15-46H,1-14H3. The minimum absolute atomic E-state index is 0.0194. The van der Waals surface area contributed by atoms with Gasteiger partial charge in [-0.05, 0) is 173 Å². The fourth-order valence-electron chi connectivity index (χ4n) is 12.5. The number of benzene rings is 9. The fraction of sp³-hybridized carbons (Fsp3) is 0.260. The minimum atomic E-state index is -0.183. The fourth-order valence-corrected chi connectivity index (χ4v) is 12.5. The van der Waals surface area contributed by atoms with Crippen LogP contribution >= 0.6 is 0 Å². The van der Waals surface area contributed by atoms with Crippen molar-refractivity contribution in [1.29, 1.82) is 0 Å². The van der Waals surface area contributed by atoms with Gasteiger partial charge in [0.2, 0.25) is 0 Å². The summed E-state index contributed by atoms with van der Waals surface area (Å²) in [5.41, 5.74) is 27.3. The summed E-state index contributed by atoms with van der Waals surface area (Å²) >= 11 is 0. The number of hydrogen-bond donors (Lipinski definition) is 0. The summed E-state index contributed by atoms with van der Waals surface area (Å²) in [4.78, 5) is 7.69. The third-order valence-electron chi connectivity index (χ3n) is 17.1. The van der Waals surface area contributed by atoms with Crippen molar-refractivity contribution in [3.8, 4) is 22.3 Å². The average molecular weight is 1000 g/mol. The van der Waals surface area contributed by atoms with Crippen molar-refractivity contribution in [2.75, 3.05) is 14.7 Å². The summed E-state index contributed by atoms with van der Waals surface area (Å²) < 4.78 is 0. The third kappa shape index (κ3) is 8.51. The van der Waals surface area contributed by atoms with Crippen LogP contribution in [0.15, 0.2) is 194 Å². The van der Waals surface area contributed by atoms with Gasteiger partial charge in [-0.25, -0.2) is 0 Å². The lowest BCUT2D eigenvalue weighted by Gasteiger charge is -2.46. The van der Waals surface area contributed by atoms with Crippen LogP contribution in [0.2, 0.25) is 0 Å². The Hall–Kier alpha value is -7.56. The summed E-state index contributed by atoms with van der Waals surface area (Å²) in [5.74, 6) is 0. The highest BCUT2D eigenvalue weighted by molar-refractivity contribution is 7.00. The maximum absolute atomic E-state index is 2.64. The molecule has 0 radical (unpaired) electrons. The Morgan fingerprint density at radius 2 is 0.844 bits per heavy atom. The van der Waals surface area contributed by atoms with Gasteiger partial charge in [0.15, 0.2) is 0 Å². The van der Waals surface area contributed by atoms with Gasteiger partial charge in [-0.1, -0.05) is 212 Å². The van der Waals surface area contributed by atoms with Crippen LogP contribution in [0.4, 0.5) is 51.2 Å². The Kier molecular flexibility index (Phi) is 11.6.